The van der Waals surface area contributed by atoms with Gasteiger partial charge in [-0.3, -0.25) is 9.89 Å². The van der Waals surface area contributed by atoms with Crippen molar-refractivity contribution in [3.8, 4) is 12.1 Å². The molecular formula is C26H32N8O3. The molecule has 0 aromatic carbocycles. The highest BCUT2D eigenvalue weighted by Crippen LogP contribution is 2.45. The molecule has 194 valence electrons. The molecule has 1 saturated carbocycles. The number of fused-ring (bicyclic) bond motifs is 1. The highest BCUT2D eigenvalue weighted by molar-refractivity contribution is 5.93. The van der Waals surface area contributed by atoms with Crippen molar-refractivity contribution in [2.45, 2.75) is 64.0 Å². The number of piperidine rings is 1. The van der Waals surface area contributed by atoms with E-state index in [4.69, 9.17) is 4.74 Å². The Kier molecular flexibility index (Phi) is 6.45. The van der Waals surface area contributed by atoms with E-state index in [1.165, 1.54) is 0 Å². The van der Waals surface area contributed by atoms with Crippen molar-refractivity contribution in [2.75, 3.05) is 24.6 Å². The van der Waals surface area contributed by atoms with Gasteiger partial charge in [0.1, 0.15) is 18.1 Å². The van der Waals surface area contributed by atoms with Gasteiger partial charge >= 0.3 is 6.01 Å². The standard InChI is InChI=1S/C26H32N8O3/c1-16(25(2,3)36)29-23(35)19-13-20(31-24(30-19)37-15-26(14-27)8-9-26)34-11-6-17(7-12-34)21-18-5-4-10-28-22(18)33-32-21/h4-5,10,13,16-17,36H,6-9,11-12,15H2,1-3H3,(H,29,35)(H,28,32,33)/t16-/m1/s1. The quantitative estimate of drug-likeness (QED) is 0.420. The van der Waals surface area contributed by atoms with Crippen molar-refractivity contribution >= 4 is 22.8 Å². The number of carbonyl (C=O) groups is 1. The number of hydrogen-bond acceptors (Lipinski definition) is 9. The third-order valence-corrected chi connectivity index (χ3v) is 7.49. The maximum absolute atomic E-state index is 13.0. The number of aromatic nitrogens is 5. The number of aromatic amines is 1. The minimum Gasteiger partial charge on any atom is -0.462 e. The molecule has 37 heavy (non-hydrogen) atoms. The average molecular weight is 505 g/mol. The molecule has 1 aliphatic heterocycles. The Balaban J connectivity index is 1.34. The maximum Gasteiger partial charge on any atom is 0.319 e. The minimum atomic E-state index is -1.09. The Hall–Kier alpha value is -3.78. The number of nitriles is 1. The smallest absolute Gasteiger partial charge is 0.319 e. The average Bonchev–Trinajstić information content (AvgIpc) is 3.56. The molecule has 1 atom stereocenters. The van der Waals surface area contributed by atoms with Crippen LogP contribution in [0.1, 0.15) is 68.6 Å². The van der Waals surface area contributed by atoms with Crippen LogP contribution in [-0.4, -0.2) is 67.5 Å². The normalized spacial score (nSPS) is 18.3. The van der Waals surface area contributed by atoms with E-state index in [2.05, 4.69) is 41.4 Å². The third-order valence-electron chi connectivity index (χ3n) is 7.49. The zero-order valence-corrected chi connectivity index (χ0v) is 21.4. The Labute approximate surface area is 215 Å². The van der Waals surface area contributed by atoms with E-state index in [9.17, 15) is 15.2 Å². The molecule has 3 aromatic heterocycles. The van der Waals surface area contributed by atoms with Crippen LogP contribution in [0.4, 0.5) is 5.82 Å². The summed E-state index contributed by atoms with van der Waals surface area (Å²) >= 11 is 0. The summed E-state index contributed by atoms with van der Waals surface area (Å²) in [5.74, 6) is 0.488. The highest BCUT2D eigenvalue weighted by Gasteiger charge is 2.44. The first-order valence-electron chi connectivity index (χ1n) is 12.7. The summed E-state index contributed by atoms with van der Waals surface area (Å²) in [6.45, 7) is 6.66. The van der Waals surface area contributed by atoms with Gasteiger partial charge in [0.05, 0.1) is 23.1 Å². The molecule has 0 bridgehead atoms. The van der Waals surface area contributed by atoms with Gasteiger partial charge in [0, 0.05) is 42.4 Å². The summed E-state index contributed by atoms with van der Waals surface area (Å²) in [4.78, 5) is 28.4. The highest BCUT2D eigenvalue weighted by atomic mass is 16.5. The predicted octanol–water partition coefficient (Wildman–Crippen LogP) is 2.70. The molecule has 4 heterocycles. The van der Waals surface area contributed by atoms with Gasteiger partial charge in [0.15, 0.2) is 5.65 Å². The number of ether oxygens (including phenoxy) is 1. The molecule has 3 N–H and O–H groups in total. The Bertz CT molecular complexity index is 1330. The van der Waals surface area contributed by atoms with Crippen LogP contribution in [-0.2, 0) is 0 Å². The summed E-state index contributed by atoms with van der Waals surface area (Å²) in [5.41, 5.74) is 0.396. The fourth-order valence-corrected chi connectivity index (χ4v) is 4.42. The largest absolute Gasteiger partial charge is 0.462 e. The summed E-state index contributed by atoms with van der Waals surface area (Å²) in [6, 6.07) is 7.50. The number of aliphatic hydroxyl groups is 1. The van der Waals surface area contributed by atoms with Gasteiger partial charge in [0.25, 0.3) is 5.91 Å². The first-order valence-corrected chi connectivity index (χ1v) is 12.7. The van der Waals surface area contributed by atoms with Crippen molar-refractivity contribution in [3.05, 3.63) is 35.8 Å². The Morgan fingerprint density at radius 1 is 1.38 bits per heavy atom. The zero-order valence-electron chi connectivity index (χ0n) is 21.4. The second kappa shape index (κ2) is 9.59. The monoisotopic (exact) mass is 504 g/mol. The van der Waals surface area contributed by atoms with Gasteiger partial charge in [-0.15, -0.1) is 0 Å². The predicted molar refractivity (Wildman–Crippen MR) is 136 cm³/mol. The number of anilines is 1. The molecule has 1 saturated heterocycles. The second-order valence-corrected chi connectivity index (χ2v) is 10.7. The molecule has 1 aliphatic carbocycles. The number of nitrogens with one attached hydrogen (secondary N) is 2. The summed E-state index contributed by atoms with van der Waals surface area (Å²) in [7, 11) is 0. The Morgan fingerprint density at radius 3 is 2.81 bits per heavy atom. The molecule has 0 spiro atoms. The van der Waals surface area contributed by atoms with E-state index in [-0.39, 0.29) is 18.3 Å². The fourth-order valence-electron chi connectivity index (χ4n) is 4.42. The lowest BCUT2D eigenvalue weighted by atomic mass is 9.92. The van der Waals surface area contributed by atoms with Crippen LogP contribution in [0.15, 0.2) is 24.4 Å². The van der Waals surface area contributed by atoms with Gasteiger partial charge in [-0.25, -0.2) is 4.98 Å². The molecule has 0 unspecified atom stereocenters. The number of rotatable bonds is 8. The number of nitrogens with zero attached hydrogens (tertiary/aromatic N) is 6. The van der Waals surface area contributed by atoms with Crippen LogP contribution in [0, 0.1) is 16.7 Å². The minimum absolute atomic E-state index is 0.0767. The van der Waals surface area contributed by atoms with Gasteiger partial charge in [-0.2, -0.15) is 20.3 Å². The number of carbonyl (C=O) groups excluding carboxylic acids is 1. The van der Waals surface area contributed by atoms with Crippen LogP contribution in [0.2, 0.25) is 0 Å². The van der Waals surface area contributed by atoms with Crippen molar-refractivity contribution in [1.82, 2.24) is 30.5 Å². The number of pyridine rings is 1. The number of amides is 1. The van der Waals surface area contributed by atoms with Crippen LogP contribution in [0.25, 0.3) is 11.0 Å². The molecule has 11 nitrogen and oxygen atoms in total. The van der Waals surface area contributed by atoms with Crippen molar-refractivity contribution in [3.63, 3.8) is 0 Å². The first kappa shape index (κ1) is 24.9. The molecule has 2 aliphatic rings. The number of hydrogen-bond donors (Lipinski definition) is 3. The lowest BCUT2D eigenvalue weighted by molar-refractivity contribution is 0.0407. The molecule has 1 amide bonds. The van der Waals surface area contributed by atoms with Gasteiger partial charge in [-0.1, -0.05) is 0 Å². The number of H-pyrrole nitrogens is 1. The lowest BCUT2D eigenvalue weighted by Gasteiger charge is -2.32. The molecule has 3 aromatic rings. The molecule has 11 heteroatoms. The molecule has 5 rings (SSSR count). The zero-order chi connectivity index (χ0) is 26.2. The van der Waals surface area contributed by atoms with E-state index < -0.39 is 23.0 Å². The fraction of sp³-hybridized carbons (Fsp3) is 0.538. The molecule has 2 fully saturated rings. The van der Waals surface area contributed by atoms with E-state index in [0.717, 1.165) is 55.5 Å². The van der Waals surface area contributed by atoms with E-state index >= 15 is 0 Å². The van der Waals surface area contributed by atoms with Crippen molar-refractivity contribution in [2.24, 2.45) is 5.41 Å². The van der Waals surface area contributed by atoms with Gasteiger partial charge in [-0.05, 0) is 58.6 Å². The first-order chi connectivity index (χ1) is 17.7. The van der Waals surface area contributed by atoms with E-state index in [0.29, 0.717) is 11.7 Å². The van der Waals surface area contributed by atoms with E-state index in [1.807, 2.05) is 12.1 Å². The summed E-state index contributed by atoms with van der Waals surface area (Å²) in [5, 5.41) is 31.0. The van der Waals surface area contributed by atoms with Gasteiger partial charge < -0.3 is 20.1 Å². The topological polar surface area (TPSA) is 153 Å². The van der Waals surface area contributed by atoms with E-state index in [1.54, 1.807) is 33.0 Å². The van der Waals surface area contributed by atoms with Crippen LogP contribution in [0.5, 0.6) is 6.01 Å². The van der Waals surface area contributed by atoms with Gasteiger partial charge in [0.2, 0.25) is 0 Å². The van der Waals surface area contributed by atoms with Crippen molar-refractivity contribution < 1.29 is 14.6 Å². The third kappa shape index (κ3) is 5.34. The summed E-state index contributed by atoms with van der Waals surface area (Å²) < 4.78 is 5.83. The van der Waals surface area contributed by atoms with Crippen LogP contribution < -0.4 is 15.0 Å². The van der Waals surface area contributed by atoms with Crippen molar-refractivity contribution in [1.29, 1.82) is 5.26 Å². The SMILES string of the molecule is C[C@@H](NC(=O)c1cc(N2CCC(c3[nH]nc4ncccc34)CC2)nc(OCC2(C#N)CC2)n1)C(C)(C)O. The lowest BCUT2D eigenvalue weighted by Crippen LogP contribution is -2.47. The molecular weight excluding hydrogens is 472 g/mol. The van der Waals surface area contributed by atoms with Crippen LogP contribution in [0.3, 0.4) is 0 Å². The second-order valence-electron chi connectivity index (χ2n) is 10.7. The Morgan fingerprint density at radius 2 is 2.14 bits per heavy atom. The summed E-state index contributed by atoms with van der Waals surface area (Å²) in [6.07, 6.45) is 5.06. The molecule has 0 radical (unpaired) electrons. The van der Waals surface area contributed by atoms with Crippen LogP contribution >= 0.6 is 0 Å². The maximum atomic E-state index is 13.0.